The maximum absolute atomic E-state index is 9.48. The standard InChI is InChI=1S/C14H20ClNO2/c1-3-12-9-18-10(2)7-16(12)14-11(8-17)5-4-6-13(14)15/h4-6,10,12,17H,3,7-9H2,1-2H3. The largest absolute Gasteiger partial charge is 0.392 e. The van der Waals surface area contributed by atoms with Gasteiger partial charge in [0.25, 0.3) is 0 Å². The van der Waals surface area contributed by atoms with Gasteiger partial charge in [-0.25, -0.2) is 0 Å². The number of aliphatic hydroxyl groups is 1. The number of anilines is 1. The van der Waals surface area contributed by atoms with Crippen LogP contribution >= 0.6 is 11.6 Å². The molecule has 100 valence electrons. The van der Waals surface area contributed by atoms with E-state index in [9.17, 15) is 5.11 Å². The molecular formula is C14H20ClNO2. The number of ether oxygens (including phenoxy) is 1. The molecule has 1 aliphatic heterocycles. The number of para-hydroxylation sites is 1. The lowest BCUT2D eigenvalue weighted by Crippen LogP contribution is -2.49. The summed E-state index contributed by atoms with van der Waals surface area (Å²) in [6.07, 6.45) is 1.19. The van der Waals surface area contributed by atoms with Gasteiger partial charge in [0.2, 0.25) is 0 Å². The Morgan fingerprint density at radius 1 is 1.50 bits per heavy atom. The highest BCUT2D eigenvalue weighted by Crippen LogP contribution is 2.33. The third kappa shape index (κ3) is 2.63. The molecule has 0 spiro atoms. The summed E-state index contributed by atoms with van der Waals surface area (Å²) in [5.74, 6) is 0. The van der Waals surface area contributed by atoms with Gasteiger partial charge in [-0.1, -0.05) is 30.7 Å². The second-order valence-electron chi connectivity index (χ2n) is 4.76. The first kappa shape index (κ1) is 13.7. The highest BCUT2D eigenvalue weighted by Gasteiger charge is 2.28. The predicted molar refractivity (Wildman–Crippen MR) is 74.2 cm³/mol. The quantitative estimate of drug-likeness (QED) is 0.916. The SMILES string of the molecule is CCC1COC(C)CN1c1c(Cl)cccc1CO. The molecule has 2 atom stereocenters. The first-order chi connectivity index (χ1) is 8.67. The Balaban J connectivity index is 2.38. The van der Waals surface area contributed by atoms with Crippen LogP contribution < -0.4 is 4.90 Å². The lowest BCUT2D eigenvalue weighted by atomic mass is 10.1. The zero-order chi connectivity index (χ0) is 13.1. The molecule has 1 saturated heterocycles. The molecule has 18 heavy (non-hydrogen) atoms. The third-order valence-electron chi connectivity index (χ3n) is 3.47. The zero-order valence-electron chi connectivity index (χ0n) is 10.9. The van der Waals surface area contributed by atoms with Crippen molar-refractivity contribution >= 4 is 17.3 Å². The van der Waals surface area contributed by atoms with Crippen molar-refractivity contribution in [3.05, 3.63) is 28.8 Å². The van der Waals surface area contributed by atoms with Crippen LogP contribution in [-0.2, 0) is 11.3 Å². The number of hydrogen-bond acceptors (Lipinski definition) is 3. The molecule has 0 saturated carbocycles. The maximum atomic E-state index is 9.48. The Hall–Kier alpha value is -0.770. The van der Waals surface area contributed by atoms with Crippen molar-refractivity contribution < 1.29 is 9.84 Å². The Morgan fingerprint density at radius 2 is 2.28 bits per heavy atom. The van der Waals surface area contributed by atoms with Gasteiger partial charge in [-0.15, -0.1) is 0 Å². The Kier molecular flexibility index (Phi) is 4.49. The number of nitrogens with zero attached hydrogens (tertiary/aromatic N) is 1. The van der Waals surface area contributed by atoms with Crippen LogP contribution in [0.2, 0.25) is 5.02 Å². The van der Waals surface area contributed by atoms with Crippen molar-refractivity contribution in [3.63, 3.8) is 0 Å². The van der Waals surface area contributed by atoms with Gasteiger partial charge in [0.1, 0.15) is 0 Å². The molecule has 2 unspecified atom stereocenters. The molecule has 0 radical (unpaired) electrons. The van der Waals surface area contributed by atoms with Gasteiger partial charge in [-0.05, 0) is 19.4 Å². The van der Waals surface area contributed by atoms with Crippen LogP contribution in [-0.4, -0.2) is 30.4 Å². The predicted octanol–water partition coefficient (Wildman–Crippen LogP) is 2.84. The average molecular weight is 270 g/mol. The monoisotopic (exact) mass is 269 g/mol. The van der Waals surface area contributed by atoms with Crippen molar-refractivity contribution in [1.29, 1.82) is 0 Å². The Morgan fingerprint density at radius 3 is 2.94 bits per heavy atom. The molecule has 0 amide bonds. The van der Waals surface area contributed by atoms with E-state index in [1.54, 1.807) is 0 Å². The van der Waals surface area contributed by atoms with Gasteiger partial charge in [-0.2, -0.15) is 0 Å². The summed E-state index contributed by atoms with van der Waals surface area (Å²) in [4.78, 5) is 2.28. The van der Waals surface area contributed by atoms with Crippen LogP contribution in [0.4, 0.5) is 5.69 Å². The number of aliphatic hydroxyl groups excluding tert-OH is 1. The second kappa shape index (κ2) is 5.91. The molecule has 0 aliphatic carbocycles. The van der Waals surface area contributed by atoms with E-state index in [0.29, 0.717) is 17.7 Å². The van der Waals surface area contributed by atoms with E-state index in [2.05, 4.69) is 18.7 Å². The maximum Gasteiger partial charge on any atom is 0.0723 e. The highest BCUT2D eigenvalue weighted by molar-refractivity contribution is 6.33. The summed E-state index contributed by atoms with van der Waals surface area (Å²) >= 11 is 6.32. The molecule has 4 heteroatoms. The third-order valence-corrected chi connectivity index (χ3v) is 3.77. The van der Waals surface area contributed by atoms with Crippen molar-refractivity contribution in [2.45, 2.75) is 39.0 Å². The molecule has 0 aromatic heterocycles. The van der Waals surface area contributed by atoms with Gasteiger partial charge in [0.15, 0.2) is 0 Å². The topological polar surface area (TPSA) is 32.7 Å². The van der Waals surface area contributed by atoms with Crippen molar-refractivity contribution in [1.82, 2.24) is 0 Å². The lowest BCUT2D eigenvalue weighted by molar-refractivity contribution is 0.0298. The number of morpholine rings is 1. The molecule has 1 fully saturated rings. The number of halogens is 1. The first-order valence-corrected chi connectivity index (χ1v) is 6.81. The van der Waals surface area contributed by atoms with E-state index in [1.807, 2.05) is 18.2 Å². The highest BCUT2D eigenvalue weighted by atomic mass is 35.5. The Labute approximate surface area is 113 Å². The minimum atomic E-state index is 0.0120. The Bertz CT molecular complexity index is 411. The van der Waals surface area contributed by atoms with E-state index in [-0.39, 0.29) is 12.7 Å². The fourth-order valence-electron chi connectivity index (χ4n) is 2.47. The van der Waals surface area contributed by atoms with E-state index in [4.69, 9.17) is 16.3 Å². The van der Waals surface area contributed by atoms with Crippen LogP contribution in [0, 0.1) is 0 Å². The smallest absolute Gasteiger partial charge is 0.0723 e. The van der Waals surface area contributed by atoms with Crippen LogP contribution in [0.25, 0.3) is 0 Å². The lowest BCUT2D eigenvalue weighted by Gasteiger charge is -2.41. The summed E-state index contributed by atoms with van der Waals surface area (Å²) in [6, 6.07) is 6.01. The molecule has 1 aromatic rings. The molecule has 1 aromatic carbocycles. The molecule has 1 aliphatic rings. The fourth-order valence-corrected chi connectivity index (χ4v) is 2.77. The first-order valence-electron chi connectivity index (χ1n) is 6.43. The van der Waals surface area contributed by atoms with Gasteiger partial charge >= 0.3 is 0 Å². The number of benzene rings is 1. The molecule has 2 rings (SSSR count). The average Bonchev–Trinajstić information content (AvgIpc) is 2.38. The van der Waals surface area contributed by atoms with Crippen molar-refractivity contribution in [2.24, 2.45) is 0 Å². The molecular weight excluding hydrogens is 250 g/mol. The van der Waals surface area contributed by atoms with E-state index < -0.39 is 0 Å². The molecule has 1 heterocycles. The van der Waals surface area contributed by atoms with Crippen molar-refractivity contribution in [3.8, 4) is 0 Å². The normalized spacial score (nSPS) is 24.3. The van der Waals surface area contributed by atoms with Crippen molar-refractivity contribution in [2.75, 3.05) is 18.1 Å². The number of hydrogen-bond donors (Lipinski definition) is 1. The van der Waals surface area contributed by atoms with Gasteiger partial charge < -0.3 is 14.7 Å². The summed E-state index contributed by atoms with van der Waals surface area (Å²) in [6.45, 7) is 5.75. The second-order valence-corrected chi connectivity index (χ2v) is 5.17. The minimum absolute atomic E-state index is 0.0120. The minimum Gasteiger partial charge on any atom is -0.392 e. The van der Waals surface area contributed by atoms with Crippen LogP contribution in [0.3, 0.4) is 0 Å². The van der Waals surface area contributed by atoms with Crippen LogP contribution in [0.1, 0.15) is 25.8 Å². The summed E-state index contributed by atoms with van der Waals surface area (Å²) in [5.41, 5.74) is 1.85. The van der Waals surface area contributed by atoms with E-state index in [0.717, 1.165) is 24.2 Å². The van der Waals surface area contributed by atoms with Gasteiger partial charge in [-0.3, -0.25) is 0 Å². The molecule has 3 nitrogen and oxygen atoms in total. The number of rotatable bonds is 3. The summed E-state index contributed by atoms with van der Waals surface area (Å²) in [5, 5.41) is 10.2. The summed E-state index contributed by atoms with van der Waals surface area (Å²) in [7, 11) is 0. The van der Waals surface area contributed by atoms with Gasteiger partial charge in [0.05, 0.1) is 36.1 Å². The van der Waals surface area contributed by atoms with Crippen LogP contribution in [0.5, 0.6) is 0 Å². The van der Waals surface area contributed by atoms with Gasteiger partial charge in [0, 0.05) is 12.1 Å². The molecule has 0 bridgehead atoms. The fraction of sp³-hybridized carbons (Fsp3) is 0.571. The van der Waals surface area contributed by atoms with E-state index in [1.165, 1.54) is 0 Å². The molecule has 1 N–H and O–H groups in total. The summed E-state index contributed by atoms with van der Waals surface area (Å²) < 4.78 is 5.70. The van der Waals surface area contributed by atoms with E-state index >= 15 is 0 Å². The van der Waals surface area contributed by atoms with Crippen LogP contribution in [0.15, 0.2) is 18.2 Å². The zero-order valence-corrected chi connectivity index (χ0v) is 11.7.